The predicted molar refractivity (Wildman–Crippen MR) is 92.3 cm³/mol. The molecule has 0 bridgehead atoms. The van der Waals surface area contributed by atoms with Gasteiger partial charge in [0.1, 0.15) is 12.1 Å². The van der Waals surface area contributed by atoms with Gasteiger partial charge < -0.3 is 14.2 Å². The van der Waals surface area contributed by atoms with Crippen LogP contribution < -0.4 is 5.56 Å². The van der Waals surface area contributed by atoms with Gasteiger partial charge in [-0.15, -0.1) is 0 Å². The summed E-state index contributed by atoms with van der Waals surface area (Å²) in [6.07, 6.45) is 2.52. The van der Waals surface area contributed by atoms with Crippen molar-refractivity contribution in [3.8, 4) is 11.4 Å². The second kappa shape index (κ2) is 6.05. The number of pyridine rings is 1. The third kappa shape index (κ3) is 2.55. The SMILES string of the molecule is Cc1cc(-c2nc3cc(C=O)ccc3n2C(C)CO)cn(C)c1=O. The van der Waals surface area contributed by atoms with Crippen LogP contribution in [0.4, 0.5) is 0 Å². The molecule has 0 aliphatic heterocycles. The molecule has 3 rings (SSSR count). The molecule has 24 heavy (non-hydrogen) atoms. The number of hydrogen-bond acceptors (Lipinski definition) is 4. The van der Waals surface area contributed by atoms with Gasteiger partial charge in [0, 0.05) is 29.9 Å². The predicted octanol–water partition coefficient (Wildman–Crippen LogP) is 2.08. The molecule has 1 unspecified atom stereocenters. The van der Waals surface area contributed by atoms with Crippen molar-refractivity contribution in [3.05, 3.63) is 51.9 Å². The number of carbonyl (C=O) groups is 1. The summed E-state index contributed by atoms with van der Waals surface area (Å²) in [5.74, 6) is 0.660. The van der Waals surface area contributed by atoms with Crippen molar-refractivity contribution in [2.24, 2.45) is 7.05 Å². The Balaban J connectivity index is 2.34. The highest BCUT2D eigenvalue weighted by Gasteiger charge is 2.18. The molecule has 0 aliphatic rings. The second-order valence-electron chi connectivity index (χ2n) is 6.03. The maximum Gasteiger partial charge on any atom is 0.253 e. The van der Waals surface area contributed by atoms with Crippen molar-refractivity contribution < 1.29 is 9.90 Å². The topological polar surface area (TPSA) is 77.1 Å². The lowest BCUT2D eigenvalue weighted by atomic mass is 10.2. The molecule has 1 atom stereocenters. The molecule has 6 nitrogen and oxygen atoms in total. The van der Waals surface area contributed by atoms with Crippen molar-refractivity contribution >= 4 is 17.3 Å². The van der Waals surface area contributed by atoms with Gasteiger partial charge in [0.15, 0.2) is 0 Å². The average molecular weight is 325 g/mol. The Hall–Kier alpha value is -2.73. The van der Waals surface area contributed by atoms with Crippen LogP contribution in [0.15, 0.2) is 35.3 Å². The number of benzene rings is 1. The highest BCUT2D eigenvalue weighted by atomic mass is 16.3. The molecule has 6 heteroatoms. The summed E-state index contributed by atoms with van der Waals surface area (Å²) in [5.41, 5.74) is 3.43. The van der Waals surface area contributed by atoms with Crippen LogP contribution in [0.1, 0.15) is 28.9 Å². The molecular formula is C18H19N3O3. The van der Waals surface area contributed by atoms with Gasteiger partial charge in [0.05, 0.1) is 23.7 Å². The average Bonchev–Trinajstić information content (AvgIpc) is 2.96. The molecule has 0 fully saturated rings. The van der Waals surface area contributed by atoms with Crippen molar-refractivity contribution in [1.29, 1.82) is 0 Å². The molecule has 0 radical (unpaired) electrons. The first-order chi connectivity index (χ1) is 11.5. The summed E-state index contributed by atoms with van der Waals surface area (Å²) in [5, 5.41) is 9.63. The summed E-state index contributed by atoms with van der Waals surface area (Å²) in [7, 11) is 1.70. The first-order valence-corrected chi connectivity index (χ1v) is 7.72. The van der Waals surface area contributed by atoms with Gasteiger partial charge in [-0.2, -0.15) is 0 Å². The quantitative estimate of drug-likeness (QED) is 0.745. The molecule has 0 amide bonds. The maximum absolute atomic E-state index is 11.9. The molecular weight excluding hydrogens is 306 g/mol. The first-order valence-electron chi connectivity index (χ1n) is 7.72. The van der Waals surface area contributed by atoms with Gasteiger partial charge in [-0.05, 0) is 38.1 Å². The van der Waals surface area contributed by atoms with E-state index in [1.807, 2.05) is 17.6 Å². The minimum Gasteiger partial charge on any atom is -0.394 e. The standard InChI is InChI=1S/C18H19N3O3/c1-11-6-14(8-20(3)18(11)24)17-19-15-7-13(10-23)4-5-16(15)21(17)12(2)9-22/h4-8,10,12,22H,9H2,1-3H3. The van der Waals surface area contributed by atoms with E-state index in [0.717, 1.165) is 17.4 Å². The Labute approximate surface area is 139 Å². The van der Waals surface area contributed by atoms with E-state index in [2.05, 4.69) is 4.98 Å². The number of fused-ring (bicyclic) bond motifs is 1. The number of aryl methyl sites for hydroxylation is 2. The fourth-order valence-corrected chi connectivity index (χ4v) is 2.92. The lowest BCUT2D eigenvalue weighted by molar-refractivity contribution is 0.112. The minimum absolute atomic E-state index is 0.0430. The molecule has 2 heterocycles. The Bertz CT molecular complexity index is 959. The monoisotopic (exact) mass is 325 g/mol. The van der Waals surface area contributed by atoms with E-state index in [-0.39, 0.29) is 18.2 Å². The summed E-state index contributed by atoms with van der Waals surface area (Å²) in [6, 6.07) is 6.89. The number of hydrogen-bond donors (Lipinski definition) is 1. The lowest BCUT2D eigenvalue weighted by Gasteiger charge is -2.16. The molecule has 0 spiro atoms. The number of carbonyl (C=O) groups excluding carboxylic acids is 1. The van der Waals surface area contributed by atoms with Crippen LogP contribution in [0.2, 0.25) is 0 Å². The highest BCUT2D eigenvalue weighted by Crippen LogP contribution is 2.28. The zero-order valence-corrected chi connectivity index (χ0v) is 13.9. The van der Waals surface area contributed by atoms with Crippen molar-refractivity contribution in [2.45, 2.75) is 19.9 Å². The Morgan fingerprint density at radius 1 is 1.33 bits per heavy atom. The third-order valence-electron chi connectivity index (χ3n) is 4.18. The number of aldehydes is 1. The van der Waals surface area contributed by atoms with Crippen LogP contribution in [0.3, 0.4) is 0 Å². The van der Waals surface area contributed by atoms with Gasteiger partial charge in [0.25, 0.3) is 5.56 Å². The zero-order chi connectivity index (χ0) is 17.4. The lowest BCUT2D eigenvalue weighted by Crippen LogP contribution is -2.19. The minimum atomic E-state index is -0.190. The maximum atomic E-state index is 11.9. The number of aliphatic hydroxyl groups excluding tert-OH is 1. The van der Waals surface area contributed by atoms with E-state index < -0.39 is 0 Å². The van der Waals surface area contributed by atoms with Crippen LogP contribution in [0, 0.1) is 6.92 Å². The van der Waals surface area contributed by atoms with Crippen molar-refractivity contribution in [1.82, 2.24) is 14.1 Å². The Morgan fingerprint density at radius 2 is 2.08 bits per heavy atom. The fraction of sp³-hybridized carbons (Fsp3) is 0.278. The van der Waals surface area contributed by atoms with E-state index in [1.54, 1.807) is 38.4 Å². The molecule has 0 saturated carbocycles. The molecule has 1 N–H and O–H groups in total. The number of aromatic nitrogens is 3. The number of aliphatic hydroxyl groups is 1. The largest absolute Gasteiger partial charge is 0.394 e. The summed E-state index contributed by atoms with van der Waals surface area (Å²) < 4.78 is 3.46. The van der Waals surface area contributed by atoms with E-state index >= 15 is 0 Å². The zero-order valence-electron chi connectivity index (χ0n) is 13.9. The molecule has 0 aliphatic carbocycles. The third-order valence-corrected chi connectivity index (χ3v) is 4.18. The van der Waals surface area contributed by atoms with Gasteiger partial charge >= 0.3 is 0 Å². The summed E-state index contributed by atoms with van der Waals surface area (Å²) >= 11 is 0. The molecule has 3 aromatic rings. The van der Waals surface area contributed by atoms with Crippen molar-refractivity contribution in [3.63, 3.8) is 0 Å². The summed E-state index contributed by atoms with van der Waals surface area (Å²) in [4.78, 5) is 27.6. The van der Waals surface area contributed by atoms with E-state index in [9.17, 15) is 14.7 Å². The van der Waals surface area contributed by atoms with Gasteiger partial charge in [-0.25, -0.2) is 4.98 Å². The number of rotatable bonds is 4. The highest BCUT2D eigenvalue weighted by molar-refractivity contribution is 5.87. The van der Waals surface area contributed by atoms with Crippen LogP contribution >= 0.6 is 0 Å². The van der Waals surface area contributed by atoms with Crippen LogP contribution in [-0.2, 0) is 7.05 Å². The number of imidazole rings is 1. The Morgan fingerprint density at radius 3 is 2.71 bits per heavy atom. The van der Waals surface area contributed by atoms with Gasteiger partial charge in [-0.1, -0.05) is 0 Å². The van der Waals surface area contributed by atoms with Crippen LogP contribution in [0.5, 0.6) is 0 Å². The molecule has 0 saturated heterocycles. The van der Waals surface area contributed by atoms with E-state index in [1.165, 1.54) is 4.57 Å². The smallest absolute Gasteiger partial charge is 0.253 e. The molecule has 124 valence electrons. The van der Waals surface area contributed by atoms with Gasteiger partial charge in [0.2, 0.25) is 0 Å². The van der Waals surface area contributed by atoms with Crippen LogP contribution in [0.25, 0.3) is 22.4 Å². The summed E-state index contributed by atoms with van der Waals surface area (Å²) in [6.45, 7) is 3.62. The molecule has 1 aromatic carbocycles. The number of nitrogens with zero attached hydrogens (tertiary/aromatic N) is 3. The van der Waals surface area contributed by atoms with Crippen LogP contribution in [-0.4, -0.2) is 32.1 Å². The van der Waals surface area contributed by atoms with E-state index in [4.69, 9.17) is 0 Å². The van der Waals surface area contributed by atoms with E-state index in [0.29, 0.717) is 22.5 Å². The molecule has 2 aromatic heterocycles. The first kappa shape index (κ1) is 16.1. The fourth-order valence-electron chi connectivity index (χ4n) is 2.92. The van der Waals surface area contributed by atoms with Crippen molar-refractivity contribution in [2.75, 3.05) is 6.61 Å². The second-order valence-corrected chi connectivity index (χ2v) is 6.03. The van der Waals surface area contributed by atoms with Gasteiger partial charge in [-0.3, -0.25) is 9.59 Å². The normalized spacial score (nSPS) is 12.5. The Kier molecular flexibility index (Phi) is 4.07.